The number of carbonyl (C=O) groups excluding carboxylic acids is 2. The number of carbonyl (C=O) groups is 2. The summed E-state index contributed by atoms with van der Waals surface area (Å²) >= 11 is 3.47. The van der Waals surface area contributed by atoms with E-state index < -0.39 is 11.9 Å². The minimum atomic E-state index is -0.629. The van der Waals surface area contributed by atoms with Crippen molar-refractivity contribution in [1.82, 2.24) is 0 Å². The van der Waals surface area contributed by atoms with Gasteiger partial charge < -0.3 is 15.2 Å². The summed E-state index contributed by atoms with van der Waals surface area (Å²) in [4.78, 5) is 24.6. The molecule has 0 aliphatic carbocycles. The van der Waals surface area contributed by atoms with E-state index in [0.29, 0.717) is 11.3 Å². The Hall–Kier alpha value is -2.08. The van der Waals surface area contributed by atoms with Crippen LogP contribution in [0.15, 0.2) is 51.5 Å². The largest absolute Gasteiger partial charge is 0.462 e. The van der Waals surface area contributed by atoms with Crippen LogP contribution in [0.3, 0.4) is 0 Å². The van der Waals surface area contributed by atoms with Crippen molar-refractivity contribution in [3.63, 3.8) is 0 Å². The lowest BCUT2D eigenvalue weighted by molar-refractivity contribution is -0.139. The second-order valence-electron chi connectivity index (χ2n) is 5.08. The third kappa shape index (κ3) is 3.32. The molecule has 0 unspecified atom stereocenters. The van der Waals surface area contributed by atoms with E-state index in [2.05, 4.69) is 15.9 Å². The molecule has 23 heavy (non-hydrogen) atoms. The maximum atomic E-state index is 12.4. The maximum Gasteiger partial charge on any atom is 0.340 e. The monoisotopic (exact) mass is 379 g/mol. The highest BCUT2D eigenvalue weighted by Gasteiger charge is 2.38. The molecule has 1 aromatic rings. The summed E-state index contributed by atoms with van der Waals surface area (Å²) in [5.41, 5.74) is 7.24. The molecule has 122 valence electrons. The van der Waals surface area contributed by atoms with Gasteiger partial charge in [0.15, 0.2) is 5.78 Å². The third-order valence-electron chi connectivity index (χ3n) is 3.58. The van der Waals surface area contributed by atoms with E-state index in [1.807, 2.05) is 24.3 Å². The molecule has 0 saturated carbocycles. The number of benzene rings is 1. The average Bonchev–Trinajstić information content (AvgIpc) is 2.46. The van der Waals surface area contributed by atoms with Crippen LogP contribution in [0, 0.1) is 0 Å². The number of hydrogen-bond donors (Lipinski definition) is 1. The van der Waals surface area contributed by atoms with Gasteiger partial charge in [0.1, 0.15) is 11.3 Å². The SMILES string of the molecule is CCOC(=O)C1=C(N)OC(C)=C(C(C)=O)[C@H]1c1ccccc1Br. The molecule has 1 aliphatic rings. The zero-order valence-electron chi connectivity index (χ0n) is 13.2. The van der Waals surface area contributed by atoms with E-state index in [1.165, 1.54) is 6.92 Å². The summed E-state index contributed by atoms with van der Waals surface area (Å²) in [6.45, 7) is 5.01. The minimum Gasteiger partial charge on any atom is -0.462 e. The first-order valence-corrected chi connectivity index (χ1v) is 7.98. The quantitative estimate of drug-likeness (QED) is 0.812. The standard InChI is InChI=1S/C17H18BrNO4/c1-4-22-17(21)15-14(11-7-5-6-8-12(11)18)13(9(2)20)10(3)23-16(15)19/h5-8,14H,4,19H2,1-3H3/t14-/m1/s1. The summed E-state index contributed by atoms with van der Waals surface area (Å²) in [7, 11) is 0. The molecule has 0 saturated heterocycles. The highest BCUT2D eigenvalue weighted by atomic mass is 79.9. The van der Waals surface area contributed by atoms with Crippen molar-refractivity contribution in [3.8, 4) is 0 Å². The zero-order chi connectivity index (χ0) is 17.1. The van der Waals surface area contributed by atoms with E-state index in [1.54, 1.807) is 13.8 Å². The Labute approximate surface area is 143 Å². The van der Waals surface area contributed by atoms with Crippen LogP contribution in [0.1, 0.15) is 32.3 Å². The van der Waals surface area contributed by atoms with Crippen molar-refractivity contribution in [2.24, 2.45) is 5.73 Å². The van der Waals surface area contributed by atoms with Crippen LogP contribution >= 0.6 is 15.9 Å². The fourth-order valence-corrected chi connectivity index (χ4v) is 3.18. The maximum absolute atomic E-state index is 12.4. The Morgan fingerprint density at radius 3 is 2.52 bits per heavy atom. The van der Waals surface area contributed by atoms with E-state index in [9.17, 15) is 9.59 Å². The number of rotatable bonds is 4. The molecule has 1 aliphatic heterocycles. The summed E-state index contributed by atoms with van der Waals surface area (Å²) in [6, 6.07) is 7.37. The Morgan fingerprint density at radius 2 is 1.96 bits per heavy atom. The van der Waals surface area contributed by atoms with Crippen LogP contribution in [0.2, 0.25) is 0 Å². The van der Waals surface area contributed by atoms with Crippen molar-refractivity contribution in [2.75, 3.05) is 6.61 Å². The summed E-state index contributed by atoms with van der Waals surface area (Å²) < 4.78 is 11.3. The third-order valence-corrected chi connectivity index (χ3v) is 4.30. The molecule has 5 nitrogen and oxygen atoms in total. The van der Waals surface area contributed by atoms with Gasteiger partial charge in [-0.25, -0.2) is 4.79 Å². The smallest absolute Gasteiger partial charge is 0.340 e. The second-order valence-corrected chi connectivity index (χ2v) is 5.94. The number of halogens is 1. The first-order valence-electron chi connectivity index (χ1n) is 7.19. The first kappa shape index (κ1) is 17.3. The highest BCUT2D eigenvalue weighted by molar-refractivity contribution is 9.10. The molecule has 1 aromatic carbocycles. The van der Waals surface area contributed by atoms with Gasteiger partial charge in [-0.3, -0.25) is 4.79 Å². The van der Waals surface area contributed by atoms with E-state index >= 15 is 0 Å². The molecule has 6 heteroatoms. The van der Waals surface area contributed by atoms with Gasteiger partial charge in [0.2, 0.25) is 5.88 Å². The van der Waals surface area contributed by atoms with Gasteiger partial charge in [-0.15, -0.1) is 0 Å². The molecule has 1 heterocycles. The normalized spacial score (nSPS) is 17.8. The van der Waals surface area contributed by atoms with Crippen molar-refractivity contribution < 1.29 is 19.1 Å². The Bertz CT molecular complexity index is 721. The van der Waals surface area contributed by atoms with Crippen LogP contribution in [0.5, 0.6) is 0 Å². The number of nitrogens with two attached hydrogens (primary N) is 1. The average molecular weight is 380 g/mol. The predicted octanol–water partition coefficient (Wildman–Crippen LogP) is 3.16. The molecule has 0 aromatic heterocycles. The highest BCUT2D eigenvalue weighted by Crippen LogP contribution is 2.42. The molecular formula is C17H18BrNO4. The summed E-state index contributed by atoms with van der Waals surface area (Å²) in [5.74, 6) is -1.04. The Balaban J connectivity index is 2.69. The minimum absolute atomic E-state index is 0.0355. The van der Waals surface area contributed by atoms with Gasteiger partial charge in [-0.1, -0.05) is 34.1 Å². The van der Waals surface area contributed by atoms with Crippen molar-refractivity contribution >= 4 is 27.7 Å². The second kappa shape index (κ2) is 7.00. The lowest BCUT2D eigenvalue weighted by Gasteiger charge is -2.29. The van der Waals surface area contributed by atoms with Crippen molar-refractivity contribution in [2.45, 2.75) is 26.7 Å². The van der Waals surface area contributed by atoms with E-state index in [-0.39, 0.29) is 23.8 Å². The van der Waals surface area contributed by atoms with Crippen LogP contribution in [0.4, 0.5) is 0 Å². The van der Waals surface area contributed by atoms with Crippen molar-refractivity contribution in [1.29, 1.82) is 0 Å². The molecule has 2 N–H and O–H groups in total. The summed E-state index contributed by atoms with van der Waals surface area (Å²) in [6.07, 6.45) is 0. The first-order chi connectivity index (χ1) is 10.9. The molecule has 1 atom stereocenters. The van der Waals surface area contributed by atoms with E-state index in [0.717, 1.165) is 10.0 Å². The molecule has 0 amide bonds. The molecular weight excluding hydrogens is 362 g/mol. The van der Waals surface area contributed by atoms with Crippen LogP contribution < -0.4 is 5.73 Å². The number of ketones is 1. The van der Waals surface area contributed by atoms with Gasteiger partial charge >= 0.3 is 5.97 Å². The number of allylic oxidation sites excluding steroid dienone is 2. The fourth-order valence-electron chi connectivity index (χ4n) is 2.66. The number of Topliss-reactive ketones (excluding diaryl/α,β-unsaturated/α-hetero) is 1. The number of hydrogen-bond acceptors (Lipinski definition) is 5. The van der Waals surface area contributed by atoms with Gasteiger partial charge in [-0.2, -0.15) is 0 Å². The molecule has 0 radical (unpaired) electrons. The molecule has 0 spiro atoms. The Kier molecular flexibility index (Phi) is 5.26. The lowest BCUT2D eigenvalue weighted by atomic mass is 9.81. The van der Waals surface area contributed by atoms with E-state index in [4.69, 9.17) is 15.2 Å². The topological polar surface area (TPSA) is 78.6 Å². The fraction of sp³-hybridized carbons (Fsp3) is 0.294. The van der Waals surface area contributed by atoms with Gasteiger partial charge in [0.25, 0.3) is 0 Å². The number of esters is 1. The zero-order valence-corrected chi connectivity index (χ0v) is 14.8. The van der Waals surface area contributed by atoms with Crippen molar-refractivity contribution in [3.05, 3.63) is 57.1 Å². The van der Waals surface area contributed by atoms with Gasteiger partial charge in [-0.05, 0) is 32.4 Å². The van der Waals surface area contributed by atoms with Crippen LogP contribution in [0.25, 0.3) is 0 Å². The van der Waals surface area contributed by atoms with Gasteiger partial charge in [0, 0.05) is 10.0 Å². The number of ether oxygens (including phenoxy) is 2. The Morgan fingerprint density at radius 1 is 1.30 bits per heavy atom. The molecule has 0 bridgehead atoms. The molecule has 0 fully saturated rings. The summed E-state index contributed by atoms with van der Waals surface area (Å²) in [5, 5.41) is 0. The van der Waals surface area contributed by atoms with Crippen LogP contribution in [-0.2, 0) is 19.1 Å². The molecule has 2 rings (SSSR count). The van der Waals surface area contributed by atoms with Crippen LogP contribution in [-0.4, -0.2) is 18.4 Å². The predicted molar refractivity (Wildman–Crippen MR) is 89.2 cm³/mol. The van der Waals surface area contributed by atoms with Gasteiger partial charge in [0.05, 0.1) is 12.5 Å². The lowest BCUT2D eigenvalue weighted by Crippen LogP contribution is -2.29.